The quantitative estimate of drug-likeness (QED) is 0.219. The Balaban J connectivity index is 1.09. The Bertz CT molecular complexity index is 1470. The molecule has 0 amide bonds. The van der Waals surface area contributed by atoms with Crippen LogP contribution >= 0.6 is 11.3 Å². The molecule has 4 aromatic rings. The molecule has 0 spiro atoms. The van der Waals surface area contributed by atoms with Crippen molar-refractivity contribution in [3.63, 3.8) is 0 Å². The molecule has 7 nitrogen and oxygen atoms in total. The summed E-state index contributed by atoms with van der Waals surface area (Å²) < 4.78 is 9.20. The van der Waals surface area contributed by atoms with Crippen molar-refractivity contribution in [2.75, 3.05) is 44.2 Å². The van der Waals surface area contributed by atoms with Gasteiger partial charge in [0.2, 0.25) is 0 Å². The molecule has 0 bridgehead atoms. The first kappa shape index (κ1) is 27.2. The lowest BCUT2D eigenvalue weighted by Crippen LogP contribution is -2.46. The summed E-state index contributed by atoms with van der Waals surface area (Å²) in [7, 11) is 0. The van der Waals surface area contributed by atoms with Gasteiger partial charge in [0.25, 0.3) is 5.56 Å². The maximum absolute atomic E-state index is 12.7. The summed E-state index contributed by atoms with van der Waals surface area (Å²) in [4.78, 5) is 28.6. The van der Waals surface area contributed by atoms with Gasteiger partial charge in [-0.15, -0.1) is 11.3 Å². The van der Waals surface area contributed by atoms with Crippen LogP contribution in [0.4, 0.5) is 5.69 Å². The lowest BCUT2D eigenvalue weighted by Gasteiger charge is -2.36. The number of unbranched alkanes of at least 4 members (excludes halogenated alkanes) is 1. The van der Waals surface area contributed by atoms with Crippen LogP contribution in [0, 0.1) is 0 Å². The summed E-state index contributed by atoms with van der Waals surface area (Å²) in [5.41, 5.74) is 2.12. The van der Waals surface area contributed by atoms with Crippen molar-refractivity contribution in [2.24, 2.45) is 0 Å². The summed E-state index contributed by atoms with van der Waals surface area (Å²) in [5.74, 6) is -0.0480. The Morgan fingerprint density at radius 1 is 1.03 bits per heavy atom. The standard InChI is InChI=1S/C31H37N3O4S/c1-23(6-4-9-31(36)37)34-28-22-25(12-10-24(28)11-13-30(34)35)38-20-3-2-15-32-16-18-33(19-17-32)27-7-5-8-29-26(27)14-21-39-29/h5,7-8,10-14,21-23H,2-4,6,9,15-20H2,1H3,(H,36,37). The largest absolute Gasteiger partial charge is 0.494 e. The van der Waals surface area contributed by atoms with Crippen molar-refractivity contribution < 1.29 is 14.6 Å². The lowest BCUT2D eigenvalue weighted by molar-refractivity contribution is -0.137. The van der Waals surface area contributed by atoms with Gasteiger partial charge < -0.3 is 19.3 Å². The number of anilines is 1. The molecule has 39 heavy (non-hydrogen) atoms. The zero-order valence-corrected chi connectivity index (χ0v) is 23.4. The second-order valence-electron chi connectivity index (χ2n) is 10.4. The number of carboxylic acid groups (broad SMARTS) is 1. The number of pyridine rings is 1. The van der Waals surface area contributed by atoms with Crippen LogP contribution in [0.3, 0.4) is 0 Å². The summed E-state index contributed by atoms with van der Waals surface area (Å²) in [6, 6.07) is 18.1. The maximum Gasteiger partial charge on any atom is 0.303 e. The van der Waals surface area contributed by atoms with Crippen LogP contribution < -0.4 is 15.2 Å². The maximum atomic E-state index is 12.7. The molecule has 2 aromatic heterocycles. The molecule has 1 saturated heterocycles. The van der Waals surface area contributed by atoms with Gasteiger partial charge in [-0.25, -0.2) is 0 Å². The Labute approximate surface area is 233 Å². The summed E-state index contributed by atoms with van der Waals surface area (Å²) in [5, 5.41) is 13.5. The number of aliphatic carboxylic acids is 1. The minimum Gasteiger partial charge on any atom is -0.494 e. The van der Waals surface area contributed by atoms with E-state index in [0.29, 0.717) is 19.4 Å². The number of carbonyl (C=O) groups is 1. The van der Waals surface area contributed by atoms with Gasteiger partial charge in [-0.2, -0.15) is 0 Å². The van der Waals surface area contributed by atoms with Crippen LogP contribution in [-0.2, 0) is 4.79 Å². The highest BCUT2D eigenvalue weighted by atomic mass is 32.1. The number of rotatable bonds is 12. The minimum absolute atomic E-state index is 0.0745. The number of thiophene rings is 1. The van der Waals surface area contributed by atoms with Gasteiger partial charge in [0.15, 0.2) is 0 Å². The van der Waals surface area contributed by atoms with Gasteiger partial charge in [0.1, 0.15) is 5.75 Å². The first-order valence-electron chi connectivity index (χ1n) is 13.9. The van der Waals surface area contributed by atoms with Gasteiger partial charge in [0, 0.05) is 66.5 Å². The number of fused-ring (bicyclic) bond motifs is 2. The van der Waals surface area contributed by atoms with E-state index >= 15 is 0 Å². The van der Waals surface area contributed by atoms with E-state index in [1.807, 2.05) is 31.2 Å². The van der Waals surface area contributed by atoms with Crippen LogP contribution in [0.25, 0.3) is 21.0 Å². The number of carboxylic acids is 1. The van der Waals surface area contributed by atoms with E-state index in [2.05, 4.69) is 39.4 Å². The fourth-order valence-corrected chi connectivity index (χ4v) is 6.36. The summed E-state index contributed by atoms with van der Waals surface area (Å²) in [6.45, 7) is 7.95. The Morgan fingerprint density at radius 3 is 2.67 bits per heavy atom. The smallest absolute Gasteiger partial charge is 0.303 e. The highest BCUT2D eigenvalue weighted by molar-refractivity contribution is 7.17. The zero-order valence-electron chi connectivity index (χ0n) is 22.6. The molecule has 8 heteroatoms. The molecule has 1 aliphatic rings. The SMILES string of the molecule is CC(CCCC(=O)O)n1c(=O)ccc2ccc(OCCCCN3CCN(c4cccc5sccc45)CC3)cc21. The summed E-state index contributed by atoms with van der Waals surface area (Å²) >= 11 is 1.80. The second-order valence-corrected chi connectivity index (χ2v) is 11.3. The zero-order chi connectivity index (χ0) is 27.2. The van der Waals surface area contributed by atoms with Crippen molar-refractivity contribution >= 4 is 44.0 Å². The Kier molecular flexibility index (Phi) is 8.84. The minimum atomic E-state index is -0.808. The molecule has 206 valence electrons. The Morgan fingerprint density at radius 2 is 1.85 bits per heavy atom. The van der Waals surface area contributed by atoms with E-state index in [4.69, 9.17) is 9.84 Å². The molecule has 1 fully saturated rings. The average molecular weight is 548 g/mol. The number of hydrogen-bond acceptors (Lipinski definition) is 6. The van der Waals surface area contributed by atoms with Gasteiger partial charge in [-0.1, -0.05) is 6.07 Å². The van der Waals surface area contributed by atoms with E-state index < -0.39 is 5.97 Å². The lowest BCUT2D eigenvalue weighted by atomic mass is 10.1. The van der Waals surface area contributed by atoms with Crippen molar-refractivity contribution in [2.45, 2.75) is 45.1 Å². The third kappa shape index (κ3) is 6.62. The average Bonchev–Trinajstić information content (AvgIpc) is 3.42. The van der Waals surface area contributed by atoms with Gasteiger partial charge in [0.05, 0.1) is 12.1 Å². The molecule has 1 unspecified atom stereocenters. The highest BCUT2D eigenvalue weighted by Crippen LogP contribution is 2.31. The third-order valence-electron chi connectivity index (χ3n) is 7.68. The first-order valence-corrected chi connectivity index (χ1v) is 14.8. The summed E-state index contributed by atoms with van der Waals surface area (Å²) in [6.07, 6.45) is 3.34. The van der Waals surface area contributed by atoms with Crippen LogP contribution in [0.1, 0.15) is 45.1 Å². The topological polar surface area (TPSA) is 75.0 Å². The predicted molar refractivity (Wildman–Crippen MR) is 160 cm³/mol. The number of benzene rings is 2. The fraction of sp³-hybridized carbons (Fsp3) is 0.419. The van der Waals surface area contributed by atoms with E-state index in [1.165, 1.54) is 15.8 Å². The van der Waals surface area contributed by atoms with E-state index in [1.54, 1.807) is 22.0 Å². The number of ether oxygens (including phenoxy) is 1. The molecular weight excluding hydrogens is 510 g/mol. The Hall–Kier alpha value is -3.36. The third-order valence-corrected chi connectivity index (χ3v) is 8.56. The highest BCUT2D eigenvalue weighted by Gasteiger charge is 2.18. The second kappa shape index (κ2) is 12.7. The van der Waals surface area contributed by atoms with Gasteiger partial charge >= 0.3 is 5.97 Å². The van der Waals surface area contributed by atoms with E-state index in [9.17, 15) is 9.59 Å². The molecule has 1 aliphatic heterocycles. The van der Waals surface area contributed by atoms with Crippen molar-refractivity contribution in [3.05, 3.63) is 70.3 Å². The van der Waals surface area contributed by atoms with E-state index in [0.717, 1.165) is 62.2 Å². The molecule has 0 saturated carbocycles. The van der Waals surface area contributed by atoms with Gasteiger partial charge in [-0.05, 0) is 86.3 Å². The number of aromatic nitrogens is 1. The molecular formula is C31H37N3O4S. The van der Waals surface area contributed by atoms with Gasteiger partial charge in [-0.3, -0.25) is 14.5 Å². The van der Waals surface area contributed by atoms with Crippen LogP contribution in [0.5, 0.6) is 5.75 Å². The number of piperazine rings is 1. The molecule has 0 radical (unpaired) electrons. The number of nitrogens with zero attached hydrogens (tertiary/aromatic N) is 3. The van der Waals surface area contributed by atoms with Crippen molar-refractivity contribution in [1.82, 2.24) is 9.47 Å². The van der Waals surface area contributed by atoms with Crippen LogP contribution in [0.2, 0.25) is 0 Å². The molecule has 2 aromatic carbocycles. The van der Waals surface area contributed by atoms with Crippen molar-refractivity contribution in [3.8, 4) is 5.75 Å². The van der Waals surface area contributed by atoms with Crippen LogP contribution in [0.15, 0.2) is 64.8 Å². The molecule has 5 rings (SSSR count). The molecule has 3 heterocycles. The molecule has 0 aliphatic carbocycles. The van der Waals surface area contributed by atoms with E-state index in [-0.39, 0.29) is 18.0 Å². The van der Waals surface area contributed by atoms with Crippen molar-refractivity contribution in [1.29, 1.82) is 0 Å². The number of hydrogen-bond donors (Lipinski definition) is 1. The first-order chi connectivity index (χ1) is 19.0. The monoisotopic (exact) mass is 547 g/mol. The molecule has 1 N–H and O–H groups in total. The fourth-order valence-electron chi connectivity index (χ4n) is 5.55. The predicted octanol–water partition coefficient (Wildman–Crippen LogP) is 6.01. The molecule has 1 atom stereocenters. The van der Waals surface area contributed by atoms with Crippen LogP contribution in [-0.4, -0.2) is 59.9 Å². The normalized spacial score (nSPS) is 15.2.